The number of hydrogen-bond acceptors (Lipinski definition) is 3. The topological polar surface area (TPSA) is 46.0 Å². The lowest BCUT2D eigenvalue weighted by Gasteiger charge is -2.29. The van der Waals surface area contributed by atoms with E-state index < -0.39 is 0 Å². The van der Waals surface area contributed by atoms with Gasteiger partial charge in [-0.2, -0.15) is 0 Å². The van der Waals surface area contributed by atoms with Crippen LogP contribution in [0.5, 0.6) is 0 Å². The van der Waals surface area contributed by atoms with Gasteiger partial charge in [-0.15, -0.1) is 0 Å². The molecular weight excluding hydrogens is 450 g/mol. The Morgan fingerprint density at radius 1 is 0.970 bits per heavy atom. The van der Waals surface area contributed by atoms with E-state index in [-0.39, 0.29) is 12.1 Å². The van der Waals surface area contributed by atoms with E-state index in [0.717, 1.165) is 22.9 Å². The van der Waals surface area contributed by atoms with Gasteiger partial charge in [0.15, 0.2) is 5.11 Å². The van der Waals surface area contributed by atoms with Gasteiger partial charge in [0.2, 0.25) is 0 Å². The lowest BCUT2D eigenvalue weighted by molar-refractivity contribution is 0.548. The first-order valence-corrected chi connectivity index (χ1v) is 11.7. The van der Waals surface area contributed by atoms with Crippen molar-refractivity contribution in [3.63, 3.8) is 0 Å². The van der Waals surface area contributed by atoms with Gasteiger partial charge in [0.1, 0.15) is 11.9 Å². The van der Waals surface area contributed by atoms with Gasteiger partial charge in [-0.1, -0.05) is 43.6 Å². The van der Waals surface area contributed by atoms with E-state index in [9.17, 15) is 0 Å². The first-order valence-electron chi connectivity index (χ1n) is 10.9. The van der Waals surface area contributed by atoms with Gasteiger partial charge in [-0.25, -0.2) is 4.98 Å². The number of halogens is 1. The second-order valence-electron chi connectivity index (χ2n) is 8.38. The molecule has 0 aliphatic carbocycles. The van der Waals surface area contributed by atoms with Gasteiger partial charge in [0.05, 0.1) is 16.8 Å². The summed E-state index contributed by atoms with van der Waals surface area (Å²) in [6.07, 6.45) is 5.50. The number of thiocarbonyl (C=S) groups is 1. The van der Waals surface area contributed by atoms with Crippen molar-refractivity contribution < 1.29 is 0 Å². The molecule has 3 aromatic heterocycles. The largest absolute Gasteiger partial charge is 0.351 e. The van der Waals surface area contributed by atoms with Crippen LogP contribution in [-0.4, -0.2) is 19.6 Å². The van der Waals surface area contributed by atoms with Crippen molar-refractivity contribution in [3.8, 4) is 5.82 Å². The van der Waals surface area contributed by atoms with Gasteiger partial charge in [-0.05, 0) is 72.2 Å². The molecule has 0 unspecified atom stereocenters. The Bertz CT molecular complexity index is 1250. The predicted octanol–water partition coefficient (Wildman–Crippen LogP) is 6.22. The third-order valence-corrected chi connectivity index (χ3v) is 6.52. The standard InChI is InChI=1S/C26H24ClN5S/c1-17(2)18-8-11-20(12-9-18)32-25(24(30-26(32)33)21-6-3-4-14-28-21)22-7-5-15-31(22)23-13-10-19(27)16-29-23/h3-17,24-25H,1-2H3,(H,30,33)/t24-,25+/m1/s1. The van der Waals surface area contributed by atoms with Crippen LogP contribution in [0.2, 0.25) is 5.02 Å². The second kappa shape index (κ2) is 8.96. The lowest BCUT2D eigenvalue weighted by Crippen LogP contribution is -2.30. The molecule has 0 saturated carbocycles. The van der Waals surface area contributed by atoms with Crippen molar-refractivity contribution in [3.05, 3.63) is 107 Å². The van der Waals surface area contributed by atoms with E-state index in [2.05, 4.69) is 68.9 Å². The molecule has 0 bridgehead atoms. The molecule has 5 rings (SSSR count). The summed E-state index contributed by atoms with van der Waals surface area (Å²) < 4.78 is 2.09. The van der Waals surface area contributed by atoms with Gasteiger partial charge in [0, 0.05) is 30.0 Å². The summed E-state index contributed by atoms with van der Waals surface area (Å²) in [5, 5.41) is 4.80. The molecule has 0 spiro atoms. The fraction of sp³-hybridized carbons (Fsp3) is 0.192. The average molecular weight is 474 g/mol. The Balaban J connectivity index is 1.63. The summed E-state index contributed by atoms with van der Waals surface area (Å²) >= 11 is 11.9. The van der Waals surface area contributed by atoms with E-state index in [4.69, 9.17) is 23.8 Å². The van der Waals surface area contributed by atoms with Crippen LogP contribution in [0.15, 0.2) is 85.3 Å². The third kappa shape index (κ3) is 4.12. The smallest absolute Gasteiger partial charge is 0.174 e. The van der Waals surface area contributed by atoms with Crippen molar-refractivity contribution in [2.45, 2.75) is 31.8 Å². The van der Waals surface area contributed by atoms with Crippen molar-refractivity contribution in [2.75, 3.05) is 4.90 Å². The molecule has 1 aromatic carbocycles. The van der Waals surface area contributed by atoms with E-state index in [0.29, 0.717) is 16.1 Å². The zero-order chi connectivity index (χ0) is 22.9. The van der Waals surface area contributed by atoms with Crippen molar-refractivity contribution in [2.24, 2.45) is 0 Å². The Labute approximate surface area is 204 Å². The molecule has 166 valence electrons. The summed E-state index contributed by atoms with van der Waals surface area (Å²) in [5.74, 6) is 1.26. The summed E-state index contributed by atoms with van der Waals surface area (Å²) in [7, 11) is 0. The molecular formula is C26H24ClN5S. The maximum absolute atomic E-state index is 6.09. The number of anilines is 1. The molecule has 7 heteroatoms. The normalized spacial score (nSPS) is 18.1. The number of nitrogens with zero attached hydrogens (tertiary/aromatic N) is 4. The van der Waals surface area contributed by atoms with Crippen LogP contribution in [-0.2, 0) is 0 Å². The number of pyridine rings is 2. The van der Waals surface area contributed by atoms with Crippen LogP contribution < -0.4 is 10.2 Å². The number of nitrogens with one attached hydrogen (secondary N) is 1. The monoisotopic (exact) mass is 473 g/mol. The van der Waals surface area contributed by atoms with E-state index >= 15 is 0 Å². The van der Waals surface area contributed by atoms with Crippen LogP contribution in [0.1, 0.15) is 48.8 Å². The van der Waals surface area contributed by atoms with Crippen LogP contribution >= 0.6 is 23.8 Å². The molecule has 33 heavy (non-hydrogen) atoms. The van der Waals surface area contributed by atoms with Crippen molar-refractivity contribution in [1.29, 1.82) is 0 Å². The maximum Gasteiger partial charge on any atom is 0.174 e. The fourth-order valence-corrected chi connectivity index (χ4v) is 4.77. The van der Waals surface area contributed by atoms with Crippen molar-refractivity contribution in [1.82, 2.24) is 19.9 Å². The first-order chi connectivity index (χ1) is 16.0. The number of aromatic nitrogens is 3. The molecule has 5 nitrogen and oxygen atoms in total. The molecule has 1 aliphatic heterocycles. The van der Waals surface area contributed by atoms with Gasteiger partial charge < -0.3 is 14.8 Å². The molecule has 4 heterocycles. The van der Waals surface area contributed by atoms with Crippen molar-refractivity contribution >= 4 is 34.6 Å². The third-order valence-electron chi connectivity index (χ3n) is 5.98. The highest BCUT2D eigenvalue weighted by Gasteiger charge is 2.42. The second-order valence-corrected chi connectivity index (χ2v) is 9.20. The molecule has 2 atom stereocenters. The van der Waals surface area contributed by atoms with Crippen LogP contribution in [0.3, 0.4) is 0 Å². The molecule has 1 N–H and O–H groups in total. The Morgan fingerprint density at radius 3 is 2.45 bits per heavy atom. The quantitative estimate of drug-likeness (QED) is 0.348. The van der Waals surface area contributed by atoms with E-state index in [1.54, 1.807) is 6.20 Å². The predicted molar refractivity (Wildman–Crippen MR) is 137 cm³/mol. The zero-order valence-corrected chi connectivity index (χ0v) is 20.0. The number of hydrogen-bond donors (Lipinski definition) is 1. The number of benzene rings is 1. The molecule has 0 amide bonds. The zero-order valence-electron chi connectivity index (χ0n) is 18.4. The Kier molecular flexibility index (Phi) is 5.87. The summed E-state index contributed by atoms with van der Waals surface area (Å²) in [6.45, 7) is 4.39. The highest BCUT2D eigenvalue weighted by atomic mass is 35.5. The van der Waals surface area contributed by atoms with Gasteiger partial charge in [0.25, 0.3) is 0 Å². The molecule has 1 fully saturated rings. The lowest BCUT2D eigenvalue weighted by atomic mass is 9.99. The summed E-state index contributed by atoms with van der Waals surface area (Å²) in [4.78, 5) is 11.4. The maximum atomic E-state index is 6.09. The first kappa shape index (κ1) is 21.6. The van der Waals surface area contributed by atoms with Gasteiger partial charge >= 0.3 is 0 Å². The minimum atomic E-state index is -0.121. The van der Waals surface area contributed by atoms with Crippen LogP contribution in [0.25, 0.3) is 5.82 Å². The van der Waals surface area contributed by atoms with Gasteiger partial charge in [-0.3, -0.25) is 4.98 Å². The highest BCUT2D eigenvalue weighted by molar-refractivity contribution is 7.80. The Hall–Kier alpha value is -3.22. The minimum Gasteiger partial charge on any atom is -0.351 e. The summed E-state index contributed by atoms with van der Waals surface area (Å²) in [6, 6.07) is 22.3. The highest BCUT2D eigenvalue weighted by Crippen LogP contribution is 2.42. The SMILES string of the molecule is CC(C)c1ccc(N2C(=S)N[C@H](c3ccccn3)[C@@H]2c2cccn2-c2ccc(Cl)cn2)cc1. The molecule has 4 aromatic rings. The number of rotatable bonds is 5. The minimum absolute atomic E-state index is 0.121. The van der Waals surface area contributed by atoms with E-state index in [1.165, 1.54) is 5.56 Å². The Morgan fingerprint density at radius 2 is 1.79 bits per heavy atom. The van der Waals surface area contributed by atoms with Crippen LogP contribution in [0, 0.1) is 0 Å². The summed E-state index contributed by atoms with van der Waals surface area (Å²) in [5.41, 5.74) is 4.32. The molecule has 0 radical (unpaired) electrons. The fourth-order valence-electron chi connectivity index (χ4n) is 4.31. The van der Waals surface area contributed by atoms with Crippen LogP contribution in [0.4, 0.5) is 5.69 Å². The molecule has 1 aliphatic rings. The average Bonchev–Trinajstić information content (AvgIpc) is 3.44. The molecule has 1 saturated heterocycles. The van der Waals surface area contributed by atoms with E-state index in [1.807, 2.05) is 48.8 Å².